The summed E-state index contributed by atoms with van der Waals surface area (Å²) in [6, 6.07) is 2.05. The lowest BCUT2D eigenvalue weighted by Crippen LogP contribution is -2.16. The maximum Gasteiger partial charge on any atom is 0.133 e. The third kappa shape index (κ3) is 1.87. The molecule has 0 unspecified atom stereocenters. The van der Waals surface area contributed by atoms with Crippen molar-refractivity contribution in [2.24, 2.45) is 0 Å². The second kappa shape index (κ2) is 2.79. The monoisotopic (exact) mass is 176 g/mol. The van der Waals surface area contributed by atoms with Gasteiger partial charge in [0, 0.05) is 23.2 Å². The van der Waals surface area contributed by atoms with Gasteiger partial charge in [-0.1, -0.05) is 20.8 Å². The van der Waals surface area contributed by atoms with E-state index in [1.165, 1.54) is 18.5 Å². The topological polar surface area (TPSA) is 25.8 Å². The third-order valence-corrected chi connectivity index (χ3v) is 2.34. The SMILES string of the molecule is CC(C)(C)c1nccc(C2CC2)n1. The molecule has 2 rings (SSSR count). The molecule has 0 bridgehead atoms. The predicted octanol–water partition coefficient (Wildman–Crippen LogP) is 2.65. The van der Waals surface area contributed by atoms with Gasteiger partial charge in [-0.25, -0.2) is 9.97 Å². The first-order valence-corrected chi connectivity index (χ1v) is 4.91. The second-order valence-electron chi connectivity index (χ2n) is 4.83. The molecule has 0 N–H and O–H groups in total. The van der Waals surface area contributed by atoms with Crippen molar-refractivity contribution in [2.75, 3.05) is 0 Å². The van der Waals surface area contributed by atoms with Crippen molar-refractivity contribution in [1.29, 1.82) is 0 Å². The van der Waals surface area contributed by atoms with Crippen LogP contribution in [0.1, 0.15) is 51.0 Å². The molecule has 0 amide bonds. The van der Waals surface area contributed by atoms with E-state index in [1.54, 1.807) is 0 Å². The summed E-state index contributed by atoms with van der Waals surface area (Å²) in [5, 5.41) is 0. The van der Waals surface area contributed by atoms with Crippen molar-refractivity contribution < 1.29 is 0 Å². The molecule has 2 heteroatoms. The number of hydrogen-bond acceptors (Lipinski definition) is 2. The molecule has 2 nitrogen and oxygen atoms in total. The zero-order chi connectivity index (χ0) is 9.47. The Kier molecular flexibility index (Phi) is 1.86. The van der Waals surface area contributed by atoms with E-state index in [1.807, 2.05) is 12.3 Å². The lowest BCUT2D eigenvalue weighted by molar-refractivity contribution is 0.541. The molecule has 0 atom stereocenters. The van der Waals surface area contributed by atoms with Crippen LogP contribution in [-0.4, -0.2) is 9.97 Å². The van der Waals surface area contributed by atoms with Crippen molar-refractivity contribution in [3.05, 3.63) is 23.8 Å². The van der Waals surface area contributed by atoms with Gasteiger partial charge in [0.1, 0.15) is 5.82 Å². The van der Waals surface area contributed by atoms with Gasteiger partial charge in [-0.3, -0.25) is 0 Å². The van der Waals surface area contributed by atoms with Crippen LogP contribution in [0.2, 0.25) is 0 Å². The first kappa shape index (κ1) is 8.67. The van der Waals surface area contributed by atoms with Gasteiger partial charge in [0.25, 0.3) is 0 Å². The lowest BCUT2D eigenvalue weighted by Gasteiger charge is -2.16. The van der Waals surface area contributed by atoms with Crippen LogP contribution in [-0.2, 0) is 5.41 Å². The first-order valence-electron chi connectivity index (χ1n) is 4.91. The smallest absolute Gasteiger partial charge is 0.133 e. The summed E-state index contributed by atoms with van der Waals surface area (Å²) in [6.07, 6.45) is 4.50. The third-order valence-electron chi connectivity index (χ3n) is 2.34. The van der Waals surface area contributed by atoms with Crippen molar-refractivity contribution in [2.45, 2.75) is 44.9 Å². The van der Waals surface area contributed by atoms with Gasteiger partial charge in [-0.2, -0.15) is 0 Å². The Hall–Kier alpha value is -0.920. The summed E-state index contributed by atoms with van der Waals surface area (Å²) >= 11 is 0. The number of rotatable bonds is 1. The van der Waals surface area contributed by atoms with Crippen LogP contribution in [0.5, 0.6) is 0 Å². The van der Waals surface area contributed by atoms with E-state index in [-0.39, 0.29) is 5.41 Å². The molecule has 0 aromatic carbocycles. The quantitative estimate of drug-likeness (QED) is 0.657. The van der Waals surface area contributed by atoms with E-state index in [2.05, 4.69) is 30.7 Å². The van der Waals surface area contributed by atoms with Crippen molar-refractivity contribution >= 4 is 0 Å². The van der Waals surface area contributed by atoms with Crippen LogP contribution in [0.3, 0.4) is 0 Å². The summed E-state index contributed by atoms with van der Waals surface area (Å²) in [5.41, 5.74) is 1.31. The summed E-state index contributed by atoms with van der Waals surface area (Å²) < 4.78 is 0. The van der Waals surface area contributed by atoms with Crippen molar-refractivity contribution in [3.8, 4) is 0 Å². The highest BCUT2D eigenvalue weighted by Crippen LogP contribution is 2.39. The van der Waals surface area contributed by atoms with Crippen LogP contribution in [0.15, 0.2) is 12.3 Å². The van der Waals surface area contributed by atoms with Crippen molar-refractivity contribution in [1.82, 2.24) is 9.97 Å². The Morgan fingerprint density at radius 2 is 2.00 bits per heavy atom. The van der Waals surface area contributed by atoms with E-state index in [4.69, 9.17) is 0 Å². The molecule has 0 aliphatic heterocycles. The van der Waals surface area contributed by atoms with Crippen LogP contribution in [0.4, 0.5) is 0 Å². The van der Waals surface area contributed by atoms with Crippen LogP contribution >= 0.6 is 0 Å². The molecule has 0 radical (unpaired) electrons. The number of nitrogens with zero attached hydrogens (tertiary/aromatic N) is 2. The van der Waals surface area contributed by atoms with Gasteiger partial charge in [-0.15, -0.1) is 0 Å². The molecule has 70 valence electrons. The summed E-state index contributed by atoms with van der Waals surface area (Å²) in [7, 11) is 0. The molecule has 13 heavy (non-hydrogen) atoms. The molecular formula is C11H16N2. The van der Waals surface area contributed by atoms with Gasteiger partial charge in [-0.05, 0) is 18.9 Å². The predicted molar refractivity (Wildman–Crippen MR) is 52.7 cm³/mol. The minimum atomic E-state index is 0.0743. The minimum Gasteiger partial charge on any atom is -0.241 e. The molecule has 1 fully saturated rings. The second-order valence-corrected chi connectivity index (χ2v) is 4.83. The Morgan fingerprint density at radius 3 is 2.54 bits per heavy atom. The Labute approximate surface area is 79.4 Å². The Bertz CT molecular complexity index is 308. The summed E-state index contributed by atoms with van der Waals surface area (Å²) in [4.78, 5) is 8.90. The molecule has 0 saturated heterocycles. The molecule has 1 aliphatic carbocycles. The fourth-order valence-corrected chi connectivity index (χ4v) is 1.34. The van der Waals surface area contributed by atoms with Gasteiger partial charge >= 0.3 is 0 Å². The molecule has 0 spiro atoms. The first-order chi connectivity index (χ1) is 6.07. The Balaban J connectivity index is 2.32. The fraction of sp³-hybridized carbons (Fsp3) is 0.636. The fourth-order valence-electron chi connectivity index (χ4n) is 1.34. The Morgan fingerprint density at radius 1 is 1.31 bits per heavy atom. The van der Waals surface area contributed by atoms with Crippen LogP contribution < -0.4 is 0 Å². The minimum absolute atomic E-state index is 0.0743. The van der Waals surface area contributed by atoms with E-state index in [9.17, 15) is 0 Å². The molecule has 1 saturated carbocycles. The van der Waals surface area contributed by atoms with Gasteiger partial charge in [0.2, 0.25) is 0 Å². The zero-order valence-corrected chi connectivity index (χ0v) is 8.54. The van der Waals surface area contributed by atoms with E-state index >= 15 is 0 Å². The van der Waals surface area contributed by atoms with Gasteiger partial charge in [0.15, 0.2) is 0 Å². The maximum absolute atomic E-state index is 4.59. The zero-order valence-electron chi connectivity index (χ0n) is 8.54. The number of aromatic nitrogens is 2. The molecule has 1 heterocycles. The van der Waals surface area contributed by atoms with E-state index < -0.39 is 0 Å². The number of hydrogen-bond donors (Lipinski definition) is 0. The van der Waals surface area contributed by atoms with Crippen LogP contribution in [0.25, 0.3) is 0 Å². The van der Waals surface area contributed by atoms with Gasteiger partial charge < -0.3 is 0 Å². The standard InChI is InChI=1S/C11H16N2/c1-11(2,3)10-12-7-6-9(13-10)8-4-5-8/h6-8H,4-5H2,1-3H3. The highest BCUT2D eigenvalue weighted by Gasteiger charge is 2.26. The summed E-state index contributed by atoms with van der Waals surface area (Å²) in [6.45, 7) is 6.46. The van der Waals surface area contributed by atoms with E-state index in [0.717, 1.165) is 11.7 Å². The average Bonchev–Trinajstić information content (AvgIpc) is 2.85. The molecule has 1 aromatic rings. The average molecular weight is 176 g/mol. The maximum atomic E-state index is 4.59. The van der Waals surface area contributed by atoms with Crippen LogP contribution in [0, 0.1) is 0 Å². The van der Waals surface area contributed by atoms with Gasteiger partial charge in [0.05, 0.1) is 0 Å². The van der Waals surface area contributed by atoms with E-state index in [0.29, 0.717) is 0 Å². The lowest BCUT2D eigenvalue weighted by atomic mass is 9.95. The molecule has 1 aliphatic rings. The molecular weight excluding hydrogens is 160 g/mol. The van der Waals surface area contributed by atoms with Crippen molar-refractivity contribution in [3.63, 3.8) is 0 Å². The normalized spacial score (nSPS) is 17.5. The highest BCUT2D eigenvalue weighted by atomic mass is 14.9. The summed E-state index contributed by atoms with van der Waals surface area (Å²) in [5.74, 6) is 1.70. The largest absolute Gasteiger partial charge is 0.241 e. The molecule has 1 aromatic heterocycles. The highest BCUT2D eigenvalue weighted by molar-refractivity contribution is 5.16.